The second-order valence-electron chi connectivity index (χ2n) is 6.53. The van der Waals surface area contributed by atoms with E-state index in [0.717, 1.165) is 25.7 Å². The number of thiazole rings is 1. The summed E-state index contributed by atoms with van der Waals surface area (Å²) in [5, 5.41) is 0.903. The Kier molecular flexibility index (Phi) is 5.16. The molecule has 0 atom stereocenters. The molecule has 4 rings (SSSR count). The summed E-state index contributed by atoms with van der Waals surface area (Å²) in [6.45, 7) is -0.0382. The zero-order valence-corrected chi connectivity index (χ0v) is 15.9. The van der Waals surface area contributed by atoms with Crippen LogP contribution in [-0.4, -0.2) is 40.8 Å². The van der Waals surface area contributed by atoms with E-state index in [1.807, 2.05) is 36.4 Å². The van der Waals surface area contributed by atoms with Crippen LogP contribution >= 0.6 is 11.3 Å². The molecule has 1 saturated heterocycles. The van der Waals surface area contributed by atoms with Crippen LogP contribution in [0.25, 0.3) is 10.2 Å². The van der Waals surface area contributed by atoms with Gasteiger partial charge in [-0.05, 0) is 30.2 Å². The first-order chi connectivity index (χ1) is 13.6. The van der Waals surface area contributed by atoms with Gasteiger partial charge in [-0.1, -0.05) is 30.3 Å². The van der Waals surface area contributed by atoms with E-state index in [4.69, 9.17) is 4.74 Å². The maximum atomic E-state index is 12.5. The Morgan fingerprint density at radius 3 is 2.68 bits per heavy atom. The summed E-state index contributed by atoms with van der Waals surface area (Å²) in [7, 11) is 0. The molecule has 0 radical (unpaired) electrons. The van der Waals surface area contributed by atoms with Crippen molar-refractivity contribution in [2.75, 3.05) is 13.2 Å². The first kappa shape index (κ1) is 18.3. The third kappa shape index (κ3) is 3.80. The van der Waals surface area contributed by atoms with Gasteiger partial charge in [0.05, 0.1) is 20.8 Å². The topological polar surface area (TPSA) is 76.6 Å². The maximum Gasteiger partial charge on any atom is 0.338 e. The second kappa shape index (κ2) is 7.90. The molecule has 2 aromatic carbocycles. The van der Waals surface area contributed by atoms with Crippen molar-refractivity contribution in [1.82, 2.24) is 9.88 Å². The van der Waals surface area contributed by atoms with Gasteiger partial charge in [0.1, 0.15) is 0 Å². The second-order valence-corrected chi connectivity index (χ2v) is 7.64. The van der Waals surface area contributed by atoms with E-state index in [2.05, 4.69) is 4.98 Å². The Labute approximate surface area is 165 Å². The Balaban J connectivity index is 1.46. The third-order valence-corrected chi connectivity index (χ3v) is 5.65. The van der Waals surface area contributed by atoms with E-state index >= 15 is 0 Å². The van der Waals surface area contributed by atoms with Gasteiger partial charge in [0.2, 0.25) is 5.91 Å². The summed E-state index contributed by atoms with van der Waals surface area (Å²) in [6, 6.07) is 15.0. The summed E-state index contributed by atoms with van der Waals surface area (Å²) in [5.74, 6) is -1.26. The van der Waals surface area contributed by atoms with E-state index in [1.54, 1.807) is 23.5 Å². The summed E-state index contributed by atoms with van der Waals surface area (Å²) in [4.78, 5) is 42.0. The number of likely N-dealkylation sites (tertiary alicyclic amines) is 1. The van der Waals surface area contributed by atoms with Crippen molar-refractivity contribution in [2.45, 2.75) is 19.3 Å². The number of amides is 2. The molecule has 0 bridgehead atoms. The predicted molar refractivity (Wildman–Crippen MR) is 105 cm³/mol. The van der Waals surface area contributed by atoms with Crippen LogP contribution in [0.3, 0.4) is 0 Å². The van der Waals surface area contributed by atoms with E-state index in [1.165, 1.54) is 0 Å². The summed E-state index contributed by atoms with van der Waals surface area (Å²) < 4.78 is 6.28. The molecule has 1 fully saturated rings. The molecule has 0 N–H and O–H groups in total. The van der Waals surface area contributed by atoms with E-state index in [0.29, 0.717) is 31.4 Å². The average Bonchev–Trinajstić information content (AvgIpc) is 3.31. The highest BCUT2D eigenvalue weighted by atomic mass is 32.1. The van der Waals surface area contributed by atoms with Gasteiger partial charge < -0.3 is 4.74 Å². The lowest BCUT2D eigenvalue weighted by Crippen LogP contribution is -2.35. The number of benzene rings is 2. The molecule has 2 heterocycles. The quantitative estimate of drug-likeness (QED) is 0.621. The van der Waals surface area contributed by atoms with Gasteiger partial charge in [0.25, 0.3) is 5.91 Å². The fraction of sp³-hybridized carbons (Fsp3) is 0.238. The van der Waals surface area contributed by atoms with Crippen molar-refractivity contribution < 1.29 is 19.1 Å². The van der Waals surface area contributed by atoms with Crippen molar-refractivity contribution in [2.24, 2.45) is 0 Å². The molecule has 6 nitrogen and oxygen atoms in total. The molecule has 7 heteroatoms. The number of para-hydroxylation sites is 1. The lowest BCUT2D eigenvalue weighted by Gasteiger charge is -2.14. The smallest absolute Gasteiger partial charge is 0.338 e. The molecule has 1 aliphatic heterocycles. The van der Waals surface area contributed by atoms with E-state index in [-0.39, 0.29) is 5.91 Å². The van der Waals surface area contributed by atoms with Crippen LogP contribution in [0, 0.1) is 0 Å². The molecule has 1 aliphatic rings. The molecule has 2 amide bonds. The average molecular weight is 394 g/mol. The van der Waals surface area contributed by atoms with Gasteiger partial charge in [-0.25, -0.2) is 9.78 Å². The van der Waals surface area contributed by atoms with Crippen LogP contribution in [-0.2, 0) is 20.7 Å². The lowest BCUT2D eigenvalue weighted by molar-refractivity contribution is -0.143. The van der Waals surface area contributed by atoms with Crippen molar-refractivity contribution in [3.05, 3.63) is 64.7 Å². The zero-order valence-electron chi connectivity index (χ0n) is 15.1. The van der Waals surface area contributed by atoms with Crippen molar-refractivity contribution in [1.29, 1.82) is 0 Å². The number of esters is 1. The molecule has 3 aromatic rings. The Hall–Kier alpha value is -3.06. The summed E-state index contributed by atoms with van der Waals surface area (Å²) in [6.07, 6.45) is 1.53. The number of nitrogens with zero attached hydrogens (tertiary/aromatic N) is 2. The van der Waals surface area contributed by atoms with E-state index in [9.17, 15) is 14.4 Å². The minimum atomic E-state index is -0.572. The highest BCUT2D eigenvalue weighted by molar-refractivity contribution is 7.18. The largest absolute Gasteiger partial charge is 0.452 e. The minimum absolute atomic E-state index is 0.211. The minimum Gasteiger partial charge on any atom is -0.452 e. The van der Waals surface area contributed by atoms with Crippen LogP contribution in [0.2, 0.25) is 0 Å². The number of imide groups is 1. The van der Waals surface area contributed by atoms with Crippen molar-refractivity contribution in [3.63, 3.8) is 0 Å². The number of rotatable bonds is 5. The summed E-state index contributed by atoms with van der Waals surface area (Å²) in [5.41, 5.74) is 2.13. The molecule has 0 saturated carbocycles. The molecule has 0 aliphatic carbocycles. The SMILES string of the molecule is O=C(OCC(=O)N1CCCC1=O)c1ccccc1Cc1nc2ccccc2s1. The normalized spacial score (nSPS) is 13.9. The number of carbonyl (C=O) groups is 3. The highest BCUT2D eigenvalue weighted by Crippen LogP contribution is 2.25. The van der Waals surface area contributed by atoms with Crippen molar-refractivity contribution >= 4 is 39.3 Å². The third-order valence-electron chi connectivity index (χ3n) is 4.62. The molecule has 142 valence electrons. The van der Waals surface area contributed by atoms with Crippen LogP contribution < -0.4 is 0 Å². The Morgan fingerprint density at radius 1 is 1.11 bits per heavy atom. The number of aromatic nitrogens is 1. The highest BCUT2D eigenvalue weighted by Gasteiger charge is 2.27. The standard InChI is InChI=1S/C21H18N2O4S/c24-19-10-5-11-23(19)20(25)13-27-21(26)15-7-2-1-6-14(15)12-18-22-16-8-3-4-9-17(16)28-18/h1-4,6-9H,5,10-13H2. The van der Waals surface area contributed by atoms with Gasteiger partial charge in [0.15, 0.2) is 6.61 Å². The van der Waals surface area contributed by atoms with Crippen LogP contribution in [0.15, 0.2) is 48.5 Å². The first-order valence-corrected chi connectivity index (χ1v) is 9.86. The number of fused-ring (bicyclic) bond motifs is 1. The zero-order chi connectivity index (χ0) is 19.5. The van der Waals surface area contributed by atoms with Gasteiger partial charge in [0, 0.05) is 19.4 Å². The molecule has 1 aromatic heterocycles. The number of carbonyl (C=O) groups excluding carboxylic acids is 3. The van der Waals surface area contributed by atoms with Crippen LogP contribution in [0.4, 0.5) is 0 Å². The molecular formula is C21H18N2O4S. The Morgan fingerprint density at radius 2 is 1.89 bits per heavy atom. The van der Waals surface area contributed by atoms with Gasteiger partial charge in [-0.15, -0.1) is 11.3 Å². The summed E-state index contributed by atoms with van der Waals surface area (Å²) >= 11 is 1.59. The molecule has 0 spiro atoms. The molecule has 0 unspecified atom stereocenters. The number of hydrogen-bond acceptors (Lipinski definition) is 6. The number of ether oxygens (including phenoxy) is 1. The fourth-order valence-corrected chi connectivity index (χ4v) is 4.22. The monoisotopic (exact) mass is 394 g/mol. The van der Waals surface area contributed by atoms with Gasteiger partial charge in [-0.2, -0.15) is 0 Å². The molecule has 28 heavy (non-hydrogen) atoms. The van der Waals surface area contributed by atoms with Crippen LogP contribution in [0.5, 0.6) is 0 Å². The lowest BCUT2D eigenvalue weighted by atomic mass is 10.1. The fourth-order valence-electron chi connectivity index (χ4n) is 3.23. The predicted octanol–water partition coefficient (Wildman–Crippen LogP) is 3.19. The Bertz CT molecular complexity index is 1030. The van der Waals surface area contributed by atoms with Gasteiger partial charge >= 0.3 is 5.97 Å². The van der Waals surface area contributed by atoms with Crippen LogP contribution in [0.1, 0.15) is 33.8 Å². The number of hydrogen-bond donors (Lipinski definition) is 0. The maximum absolute atomic E-state index is 12.5. The van der Waals surface area contributed by atoms with Gasteiger partial charge in [-0.3, -0.25) is 14.5 Å². The first-order valence-electron chi connectivity index (χ1n) is 9.04. The molecular weight excluding hydrogens is 376 g/mol. The van der Waals surface area contributed by atoms with Crippen molar-refractivity contribution in [3.8, 4) is 0 Å². The van der Waals surface area contributed by atoms with E-state index < -0.39 is 18.5 Å².